The average Bonchev–Trinajstić information content (AvgIpc) is 3.22. The lowest BCUT2D eigenvalue weighted by atomic mass is 9.99. The molecule has 1 unspecified atom stereocenters. The molecule has 1 aromatic rings. The zero-order valence-electron chi connectivity index (χ0n) is 12.3. The van der Waals surface area contributed by atoms with Gasteiger partial charge in [0.25, 0.3) is 0 Å². The summed E-state index contributed by atoms with van der Waals surface area (Å²) < 4.78 is 10.4. The van der Waals surface area contributed by atoms with E-state index in [0.717, 1.165) is 36.5 Å². The molecule has 5 heteroatoms. The van der Waals surface area contributed by atoms with Gasteiger partial charge in [-0.3, -0.25) is 4.90 Å². The van der Waals surface area contributed by atoms with Gasteiger partial charge in [0.2, 0.25) is 0 Å². The lowest BCUT2D eigenvalue weighted by molar-refractivity contribution is 0.155. The molecule has 3 rings (SSSR count). The Balaban J connectivity index is 1.55. The first-order chi connectivity index (χ1) is 9.85. The maximum absolute atomic E-state index is 5.28. The van der Waals surface area contributed by atoms with Gasteiger partial charge >= 0.3 is 0 Å². The monoisotopic (exact) mass is 279 g/mol. The first-order valence-corrected chi connectivity index (χ1v) is 7.73. The van der Waals surface area contributed by atoms with E-state index in [1.807, 2.05) is 6.07 Å². The molecule has 2 aliphatic rings. The fraction of sp³-hybridized carbons (Fsp3) is 0.800. The van der Waals surface area contributed by atoms with Crippen LogP contribution in [0.25, 0.3) is 0 Å². The smallest absolute Gasteiger partial charge is 0.162 e. The predicted molar refractivity (Wildman–Crippen MR) is 76.2 cm³/mol. The van der Waals surface area contributed by atoms with Gasteiger partial charge in [-0.1, -0.05) is 5.16 Å². The predicted octanol–water partition coefficient (Wildman–Crippen LogP) is 1.78. The highest BCUT2D eigenvalue weighted by molar-refractivity contribution is 5.05. The normalized spacial score (nSPS) is 23.4. The highest BCUT2D eigenvalue weighted by Crippen LogP contribution is 2.30. The van der Waals surface area contributed by atoms with Crippen LogP contribution in [0.15, 0.2) is 10.6 Å². The van der Waals surface area contributed by atoms with Crippen LogP contribution in [0.5, 0.6) is 0 Å². The van der Waals surface area contributed by atoms with Crippen molar-refractivity contribution in [3.8, 4) is 0 Å². The summed E-state index contributed by atoms with van der Waals surface area (Å²) in [6.45, 7) is 4.95. The lowest BCUT2D eigenvalue weighted by Crippen LogP contribution is -2.39. The summed E-state index contributed by atoms with van der Waals surface area (Å²) in [6.07, 6.45) is 5.33. The molecule has 0 radical (unpaired) electrons. The van der Waals surface area contributed by atoms with E-state index in [1.165, 1.54) is 38.8 Å². The van der Waals surface area contributed by atoms with Crippen LogP contribution in [0.3, 0.4) is 0 Å². The Bertz CT molecular complexity index is 411. The van der Waals surface area contributed by atoms with Gasteiger partial charge in [0.1, 0.15) is 6.61 Å². The third-order valence-corrected chi connectivity index (χ3v) is 4.21. The summed E-state index contributed by atoms with van der Waals surface area (Å²) in [6, 6.07) is 2.79. The lowest BCUT2D eigenvalue weighted by Gasteiger charge is -2.29. The number of hydrogen-bond donors (Lipinski definition) is 1. The third kappa shape index (κ3) is 3.81. The van der Waals surface area contributed by atoms with Crippen LogP contribution in [0.4, 0.5) is 0 Å². The van der Waals surface area contributed by atoms with E-state index in [-0.39, 0.29) is 0 Å². The molecule has 1 saturated carbocycles. The van der Waals surface area contributed by atoms with E-state index in [4.69, 9.17) is 9.26 Å². The molecule has 1 aliphatic heterocycles. The third-order valence-electron chi connectivity index (χ3n) is 4.21. The number of hydrogen-bond acceptors (Lipinski definition) is 5. The number of nitrogens with zero attached hydrogens (tertiary/aromatic N) is 2. The zero-order valence-corrected chi connectivity index (χ0v) is 12.3. The first-order valence-electron chi connectivity index (χ1n) is 7.73. The summed E-state index contributed by atoms with van der Waals surface area (Å²) in [4.78, 5) is 2.59. The van der Waals surface area contributed by atoms with Crippen LogP contribution in [0, 0.1) is 5.92 Å². The first kappa shape index (κ1) is 14.0. The quantitative estimate of drug-likeness (QED) is 0.824. The molecule has 2 heterocycles. The van der Waals surface area contributed by atoms with Crippen LogP contribution in [0.2, 0.25) is 0 Å². The Morgan fingerprint density at radius 3 is 3.05 bits per heavy atom. The largest absolute Gasteiger partial charge is 0.377 e. The van der Waals surface area contributed by atoms with Gasteiger partial charge in [-0.15, -0.1) is 0 Å². The summed E-state index contributed by atoms with van der Waals surface area (Å²) in [5.41, 5.74) is 1.03. The molecule has 0 aromatic carbocycles. The van der Waals surface area contributed by atoms with E-state index >= 15 is 0 Å². The van der Waals surface area contributed by atoms with E-state index < -0.39 is 0 Å². The van der Waals surface area contributed by atoms with Crippen molar-refractivity contribution in [1.29, 1.82) is 0 Å². The minimum Gasteiger partial charge on any atom is -0.377 e. The van der Waals surface area contributed by atoms with Gasteiger partial charge < -0.3 is 14.6 Å². The van der Waals surface area contributed by atoms with Crippen molar-refractivity contribution in [2.24, 2.45) is 5.92 Å². The highest BCUT2D eigenvalue weighted by Gasteiger charge is 2.31. The van der Waals surface area contributed by atoms with Gasteiger partial charge in [-0.25, -0.2) is 0 Å². The van der Waals surface area contributed by atoms with Crippen LogP contribution >= 0.6 is 0 Å². The molecule has 1 N–H and O–H groups in total. The van der Waals surface area contributed by atoms with Gasteiger partial charge in [0, 0.05) is 32.3 Å². The maximum atomic E-state index is 5.28. The minimum atomic E-state index is 0.503. The average molecular weight is 279 g/mol. The number of methoxy groups -OCH3 is 1. The molecular weight excluding hydrogens is 254 g/mol. The number of ether oxygens (including phenoxy) is 1. The fourth-order valence-corrected chi connectivity index (χ4v) is 3.04. The van der Waals surface area contributed by atoms with Crippen molar-refractivity contribution in [2.45, 2.75) is 44.9 Å². The molecule has 0 spiro atoms. The molecular formula is C15H25N3O2. The Hall–Kier alpha value is -0.910. The van der Waals surface area contributed by atoms with Crippen LogP contribution in [0.1, 0.15) is 37.1 Å². The summed E-state index contributed by atoms with van der Waals surface area (Å²) in [5.74, 6) is 1.60. The van der Waals surface area contributed by atoms with Crippen molar-refractivity contribution < 1.29 is 9.26 Å². The second-order valence-corrected chi connectivity index (χ2v) is 6.09. The topological polar surface area (TPSA) is 50.5 Å². The zero-order chi connectivity index (χ0) is 13.8. The van der Waals surface area contributed by atoms with E-state index in [2.05, 4.69) is 15.4 Å². The second-order valence-electron chi connectivity index (χ2n) is 6.09. The molecule has 1 atom stereocenters. The van der Waals surface area contributed by atoms with E-state index in [1.54, 1.807) is 7.11 Å². The molecule has 20 heavy (non-hydrogen) atoms. The molecule has 2 fully saturated rings. The molecule has 112 valence electrons. The molecule has 0 bridgehead atoms. The molecule has 1 aromatic heterocycles. The molecule has 0 amide bonds. The van der Waals surface area contributed by atoms with Crippen LogP contribution in [-0.4, -0.2) is 42.8 Å². The summed E-state index contributed by atoms with van der Waals surface area (Å²) in [5, 5.41) is 7.67. The van der Waals surface area contributed by atoms with Gasteiger partial charge in [0.15, 0.2) is 5.76 Å². The number of nitrogens with one attached hydrogen (secondary N) is 1. The number of rotatable bonds is 7. The Kier molecular flexibility index (Phi) is 4.70. The van der Waals surface area contributed by atoms with Crippen molar-refractivity contribution in [3.05, 3.63) is 17.5 Å². The Morgan fingerprint density at radius 1 is 1.45 bits per heavy atom. The number of aromatic nitrogens is 1. The van der Waals surface area contributed by atoms with Gasteiger partial charge in [0.05, 0.1) is 5.69 Å². The summed E-state index contributed by atoms with van der Waals surface area (Å²) in [7, 11) is 1.68. The standard InChI is InChI=1S/C15H25N3O2/c1-19-11-15-7-13(17-20-15)10-18(14-4-5-14)9-12-3-2-6-16-8-12/h7,12,14,16H,2-6,8-11H2,1H3. The van der Waals surface area contributed by atoms with Gasteiger partial charge in [-0.2, -0.15) is 0 Å². The Labute approximate surface area is 120 Å². The van der Waals surface area contributed by atoms with Crippen molar-refractivity contribution in [3.63, 3.8) is 0 Å². The fourth-order valence-electron chi connectivity index (χ4n) is 3.04. The van der Waals surface area contributed by atoms with E-state index in [0.29, 0.717) is 6.61 Å². The number of piperidine rings is 1. The highest BCUT2D eigenvalue weighted by atomic mass is 16.5. The van der Waals surface area contributed by atoms with E-state index in [9.17, 15) is 0 Å². The van der Waals surface area contributed by atoms with Crippen molar-refractivity contribution >= 4 is 0 Å². The summed E-state index contributed by atoms with van der Waals surface area (Å²) >= 11 is 0. The SMILES string of the molecule is COCc1cc(CN(CC2CCCNC2)C2CC2)no1. The van der Waals surface area contributed by atoms with Crippen LogP contribution < -0.4 is 5.32 Å². The minimum absolute atomic E-state index is 0.503. The van der Waals surface area contributed by atoms with Crippen LogP contribution in [-0.2, 0) is 17.9 Å². The molecule has 1 saturated heterocycles. The second kappa shape index (κ2) is 6.70. The Morgan fingerprint density at radius 2 is 2.35 bits per heavy atom. The molecule has 1 aliphatic carbocycles. The van der Waals surface area contributed by atoms with Crippen molar-refractivity contribution in [2.75, 3.05) is 26.7 Å². The maximum Gasteiger partial charge on any atom is 0.162 e. The van der Waals surface area contributed by atoms with Gasteiger partial charge in [-0.05, 0) is 44.7 Å². The van der Waals surface area contributed by atoms with Crippen molar-refractivity contribution in [1.82, 2.24) is 15.4 Å². The molecule has 5 nitrogen and oxygen atoms in total.